The second-order valence-electron chi connectivity index (χ2n) is 10.0. The number of rotatable bonds is 7. The number of aromatic nitrogens is 3. The Kier molecular flexibility index (Phi) is 7.55. The number of nitrogens with zero attached hydrogens (tertiary/aromatic N) is 3. The van der Waals surface area contributed by atoms with Crippen molar-refractivity contribution in [1.29, 1.82) is 0 Å². The predicted molar refractivity (Wildman–Crippen MR) is 142 cm³/mol. The van der Waals surface area contributed by atoms with Crippen LogP contribution in [0, 0.1) is 11.6 Å². The monoisotopic (exact) mass is 553 g/mol. The molecule has 1 atom stereocenters. The Hall–Kier alpha value is -4.28. The van der Waals surface area contributed by atoms with E-state index in [1.807, 2.05) is 6.92 Å². The van der Waals surface area contributed by atoms with Crippen molar-refractivity contribution >= 4 is 22.9 Å². The number of nitrogens with one attached hydrogen (secondary N) is 2. The molecule has 0 saturated heterocycles. The topological polar surface area (TPSA) is 88.9 Å². The van der Waals surface area contributed by atoms with Crippen molar-refractivity contribution in [2.24, 2.45) is 0 Å². The lowest BCUT2D eigenvalue weighted by atomic mass is 9.92. The van der Waals surface area contributed by atoms with E-state index in [9.17, 15) is 27.2 Å². The lowest BCUT2D eigenvalue weighted by Gasteiger charge is -2.28. The minimum Gasteiger partial charge on any atom is -0.349 e. The van der Waals surface area contributed by atoms with Gasteiger partial charge < -0.3 is 10.6 Å². The lowest BCUT2D eigenvalue weighted by molar-refractivity contribution is -0.0399. The Balaban J connectivity index is 1.30. The molecule has 0 bridgehead atoms. The third-order valence-electron chi connectivity index (χ3n) is 7.17. The fourth-order valence-electron chi connectivity index (χ4n) is 4.79. The SMILES string of the molecule is C[C@H](Nc1ncc2ccc(=O)n(Cc3c(F)cccc3F)c2n1)c1ccc(C(=O)NC2CCC(F)(F)CC2)cc1. The molecule has 1 saturated carbocycles. The van der Waals surface area contributed by atoms with Crippen LogP contribution in [-0.2, 0) is 6.54 Å². The number of fused-ring (bicyclic) bond motifs is 1. The first kappa shape index (κ1) is 27.3. The molecule has 1 aliphatic rings. The zero-order chi connectivity index (χ0) is 28.4. The molecular weight excluding hydrogens is 526 g/mol. The highest BCUT2D eigenvalue weighted by Gasteiger charge is 2.35. The number of pyridine rings is 1. The summed E-state index contributed by atoms with van der Waals surface area (Å²) in [5, 5.41) is 6.50. The number of hydrogen-bond acceptors (Lipinski definition) is 5. The van der Waals surface area contributed by atoms with Crippen LogP contribution in [0.4, 0.5) is 23.5 Å². The van der Waals surface area contributed by atoms with Crippen LogP contribution >= 0.6 is 0 Å². The molecule has 2 heterocycles. The van der Waals surface area contributed by atoms with Crippen LogP contribution < -0.4 is 16.2 Å². The van der Waals surface area contributed by atoms with Gasteiger partial charge in [-0.1, -0.05) is 18.2 Å². The van der Waals surface area contributed by atoms with Gasteiger partial charge in [0.2, 0.25) is 11.9 Å². The van der Waals surface area contributed by atoms with E-state index in [2.05, 4.69) is 20.6 Å². The first-order valence-corrected chi connectivity index (χ1v) is 12.9. The van der Waals surface area contributed by atoms with E-state index in [0.29, 0.717) is 10.9 Å². The third kappa shape index (κ3) is 5.98. The maximum absolute atomic E-state index is 14.3. The largest absolute Gasteiger partial charge is 0.349 e. The molecule has 0 spiro atoms. The van der Waals surface area contributed by atoms with Crippen LogP contribution in [0.15, 0.2) is 65.6 Å². The Morgan fingerprint density at radius 3 is 2.40 bits per heavy atom. The second-order valence-corrected chi connectivity index (χ2v) is 10.0. The van der Waals surface area contributed by atoms with Crippen molar-refractivity contribution in [1.82, 2.24) is 19.9 Å². The highest BCUT2D eigenvalue weighted by atomic mass is 19.3. The maximum atomic E-state index is 14.3. The van der Waals surface area contributed by atoms with Crippen molar-refractivity contribution < 1.29 is 22.4 Å². The summed E-state index contributed by atoms with van der Waals surface area (Å²) < 4.78 is 56.5. The van der Waals surface area contributed by atoms with Gasteiger partial charge in [0.25, 0.3) is 11.5 Å². The molecule has 0 radical (unpaired) electrons. The van der Waals surface area contributed by atoms with Crippen molar-refractivity contribution in [2.75, 3.05) is 5.32 Å². The Labute approximate surface area is 227 Å². The Morgan fingerprint density at radius 2 is 1.73 bits per heavy atom. The smallest absolute Gasteiger partial charge is 0.252 e. The van der Waals surface area contributed by atoms with E-state index in [1.54, 1.807) is 30.3 Å². The van der Waals surface area contributed by atoms with E-state index in [4.69, 9.17) is 0 Å². The maximum Gasteiger partial charge on any atom is 0.252 e. The second kappa shape index (κ2) is 11.1. The van der Waals surface area contributed by atoms with Gasteiger partial charge in [-0.25, -0.2) is 22.5 Å². The number of carbonyl (C=O) groups is 1. The quantitative estimate of drug-likeness (QED) is 0.291. The number of benzene rings is 2. The molecule has 1 fully saturated rings. The number of carbonyl (C=O) groups excluding carboxylic acids is 1. The van der Waals surface area contributed by atoms with Crippen LogP contribution in [0.3, 0.4) is 0 Å². The van der Waals surface area contributed by atoms with Gasteiger partial charge in [-0.2, -0.15) is 4.98 Å². The molecule has 0 aliphatic heterocycles. The number of amides is 1. The summed E-state index contributed by atoms with van der Waals surface area (Å²) in [5.74, 6) is -4.30. The normalized spacial score (nSPS) is 16.0. The van der Waals surface area contributed by atoms with Gasteiger partial charge in [-0.15, -0.1) is 0 Å². The molecule has 5 rings (SSSR count). The first-order chi connectivity index (χ1) is 19.1. The summed E-state index contributed by atoms with van der Waals surface area (Å²) >= 11 is 0. The van der Waals surface area contributed by atoms with E-state index in [0.717, 1.165) is 17.7 Å². The van der Waals surface area contributed by atoms with Gasteiger partial charge in [0.15, 0.2) is 0 Å². The predicted octanol–water partition coefficient (Wildman–Crippen LogP) is 5.60. The van der Waals surface area contributed by atoms with Crippen molar-refractivity contribution in [3.63, 3.8) is 0 Å². The van der Waals surface area contributed by atoms with Crippen molar-refractivity contribution in [3.05, 3.63) is 99.5 Å². The molecule has 7 nitrogen and oxygen atoms in total. The molecule has 40 heavy (non-hydrogen) atoms. The van der Waals surface area contributed by atoms with Gasteiger partial charge in [0.1, 0.15) is 17.3 Å². The number of halogens is 4. The van der Waals surface area contributed by atoms with Crippen molar-refractivity contribution in [2.45, 2.75) is 57.2 Å². The summed E-state index contributed by atoms with van der Waals surface area (Å²) in [6.45, 7) is 1.52. The van der Waals surface area contributed by atoms with Crippen LogP contribution in [0.1, 0.15) is 60.1 Å². The molecule has 2 aromatic carbocycles. The highest BCUT2D eigenvalue weighted by Crippen LogP contribution is 2.33. The van der Waals surface area contributed by atoms with Crippen LogP contribution in [0.25, 0.3) is 11.0 Å². The zero-order valence-electron chi connectivity index (χ0n) is 21.6. The van der Waals surface area contributed by atoms with Gasteiger partial charge in [-0.05, 0) is 55.7 Å². The first-order valence-electron chi connectivity index (χ1n) is 12.9. The molecular formula is C29H27F4N5O2. The number of anilines is 1. The van der Waals surface area contributed by atoms with E-state index in [-0.39, 0.29) is 67.4 Å². The van der Waals surface area contributed by atoms with Crippen LogP contribution in [0.5, 0.6) is 0 Å². The molecule has 1 aliphatic carbocycles. The fraction of sp³-hybridized carbons (Fsp3) is 0.310. The van der Waals surface area contributed by atoms with Crippen molar-refractivity contribution in [3.8, 4) is 0 Å². The summed E-state index contributed by atoms with van der Waals surface area (Å²) in [6.07, 6.45) is 1.54. The summed E-state index contributed by atoms with van der Waals surface area (Å²) in [6, 6.07) is 12.6. The van der Waals surface area contributed by atoms with Crippen LogP contribution in [0.2, 0.25) is 0 Å². The average molecular weight is 554 g/mol. The zero-order valence-corrected chi connectivity index (χ0v) is 21.6. The van der Waals surface area contributed by atoms with E-state index < -0.39 is 23.1 Å². The van der Waals surface area contributed by atoms with E-state index in [1.165, 1.54) is 22.9 Å². The standard InChI is InChI=1S/C29H27F4N5O2/c1-17(18-5-7-19(8-6-18)27(40)36-21-11-13-29(32,33)14-12-21)35-28-34-15-20-9-10-25(39)38(26(20)37-28)16-22-23(30)3-2-4-24(22)31/h2-10,15,17,21H,11-14,16H2,1H3,(H,36,40)(H,34,35,37)/t17-/m0/s1. The fourth-order valence-corrected chi connectivity index (χ4v) is 4.79. The average Bonchev–Trinajstić information content (AvgIpc) is 2.93. The molecule has 0 unspecified atom stereocenters. The summed E-state index contributed by atoms with van der Waals surface area (Å²) in [5.41, 5.74) is 0.733. The lowest BCUT2D eigenvalue weighted by Crippen LogP contribution is -2.40. The summed E-state index contributed by atoms with van der Waals surface area (Å²) in [7, 11) is 0. The minimum atomic E-state index is -2.66. The molecule has 2 aromatic heterocycles. The Morgan fingerprint density at radius 1 is 1.05 bits per heavy atom. The molecule has 208 valence electrons. The number of alkyl halides is 2. The highest BCUT2D eigenvalue weighted by molar-refractivity contribution is 5.94. The van der Waals surface area contributed by atoms with Gasteiger partial charge in [0.05, 0.1) is 12.6 Å². The minimum absolute atomic E-state index is 0.198. The summed E-state index contributed by atoms with van der Waals surface area (Å²) in [4.78, 5) is 34.0. The van der Waals surface area contributed by atoms with Crippen LogP contribution in [-0.4, -0.2) is 32.4 Å². The van der Waals surface area contributed by atoms with E-state index >= 15 is 0 Å². The number of hydrogen-bond donors (Lipinski definition) is 2. The molecule has 4 aromatic rings. The molecule has 1 amide bonds. The third-order valence-corrected chi connectivity index (χ3v) is 7.17. The van der Waals surface area contributed by atoms with Gasteiger partial charge in [-0.3, -0.25) is 14.2 Å². The van der Waals surface area contributed by atoms with Gasteiger partial charge >= 0.3 is 0 Å². The molecule has 2 N–H and O–H groups in total. The van der Waals surface area contributed by atoms with Gasteiger partial charge in [0, 0.05) is 47.7 Å². The Bertz CT molecular complexity index is 1580. The molecule has 11 heteroatoms.